The SMILES string of the molecule is C[C@@H]1[C@@H]([Si](C)(C)F)[C@H](CC(=O)N(CCO)Cc2ccccc2)O[C@@]12C(=O)N(Cc1cccc(N3CN(c4ccccc4)C4(CCNCC4)C3=O)c1)c1ccc(Cl)cc12. The van der Waals surface area contributed by atoms with Crippen molar-refractivity contribution >= 4 is 54.8 Å². The molecule has 58 heavy (non-hydrogen) atoms. The number of fused-ring (bicyclic) bond motifs is 2. The second kappa shape index (κ2) is 15.9. The van der Waals surface area contributed by atoms with E-state index in [9.17, 15) is 14.7 Å². The number of carbonyl (C=O) groups excluding carboxylic acids is 3. The normalized spacial score (nSPS) is 24.0. The van der Waals surface area contributed by atoms with Crippen molar-refractivity contribution in [2.45, 2.75) is 75.2 Å². The summed E-state index contributed by atoms with van der Waals surface area (Å²) in [6, 6.07) is 32.6. The topological polar surface area (TPSA) is 106 Å². The van der Waals surface area contributed by atoms with Gasteiger partial charge in [-0.3, -0.25) is 19.3 Å². The molecule has 0 saturated carbocycles. The number of nitrogens with zero attached hydrogens (tertiary/aromatic N) is 4. The number of halogens is 2. The molecule has 4 aliphatic heterocycles. The Hall–Kier alpha value is -4.59. The molecular weight excluding hydrogens is 773 g/mol. The Morgan fingerprint density at radius 3 is 2.29 bits per heavy atom. The lowest BCUT2D eigenvalue weighted by Crippen LogP contribution is -2.55. The molecule has 4 aliphatic rings. The fourth-order valence-electron chi connectivity index (χ4n) is 10.1. The van der Waals surface area contributed by atoms with E-state index in [1.165, 1.54) is 0 Å². The molecule has 4 atom stereocenters. The van der Waals surface area contributed by atoms with Gasteiger partial charge in [-0.1, -0.05) is 79.2 Å². The van der Waals surface area contributed by atoms with E-state index < -0.39 is 37.1 Å². The van der Waals surface area contributed by atoms with Gasteiger partial charge in [-0.2, -0.15) is 0 Å². The molecule has 4 aromatic rings. The first-order valence-corrected chi connectivity index (χ1v) is 23.6. The number of carbonyl (C=O) groups is 3. The van der Waals surface area contributed by atoms with Gasteiger partial charge in [0.25, 0.3) is 11.8 Å². The molecule has 2 spiro atoms. The van der Waals surface area contributed by atoms with Gasteiger partial charge >= 0.3 is 0 Å². The van der Waals surface area contributed by atoms with Crippen molar-refractivity contribution in [1.82, 2.24) is 10.2 Å². The molecule has 0 unspecified atom stereocenters. The molecule has 304 valence electrons. The first kappa shape index (κ1) is 40.2. The van der Waals surface area contributed by atoms with E-state index in [-0.39, 0.29) is 50.4 Å². The Labute approximate surface area is 345 Å². The first-order valence-electron chi connectivity index (χ1n) is 20.2. The van der Waals surface area contributed by atoms with Gasteiger partial charge in [0.2, 0.25) is 14.3 Å². The number of benzene rings is 4. The Morgan fingerprint density at radius 2 is 1.60 bits per heavy atom. The number of piperidine rings is 1. The minimum atomic E-state index is -3.57. The number of nitrogens with one attached hydrogen (secondary N) is 1. The summed E-state index contributed by atoms with van der Waals surface area (Å²) in [5.74, 6) is -1.18. The number of ether oxygens (including phenoxy) is 1. The lowest BCUT2D eigenvalue weighted by molar-refractivity contribution is -0.150. The van der Waals surface area contributed by atoms with E-state index in [1.807, 2.05) is 84.6 Å². The van der Waals surface area contributed by atoms with Gasteiger partial charge in [-0.05, 0) is 92.6 Å². The van der Waals surface area contributed by atoms with E-state index in [0.717, 1.165) is 35.6 Å². The Balaban J connectivity index is 1.09. The van der Waals surface area contributed by atoms with Crippen molar-refractivity contribution in [1.29, 1.82) is 0 Å². The fraction of sp³-hybridized carbons (Fsp3) is 0.400. The summed E-state index contributed by atoms with van der Waals surface area (Å²) in [4.78, 5) is 50.9. The molecule has 4 heterocycles. The van der Waals surface area contributed by atoms with Crippen LogP contribution in [0.2, 0.25) is 23.7 Å². The van der Waals surface area contributed by atoms with Crippen molar-refractivity contribution < 1.29 is 28.3 Å². The van der Waals surface area contributed by atoms with Gasteiger partial charge in [-0.15, -0.1) is 0 Å². The largest absolute Gasteiger partial charge is 0.395 e. The van der Waals surface area contributed by atoms with Crippen LogP contribution in [0.15, 0.2) is 103 Å². The molecule has 3 saturated heterocycles. The van der Waals surface area contributed by atoms with Crippen LogP contribution >= 0.6 is 11.6 Å². The standard InChI is InChI=1S/C45H51ClFN5O5Si/c1-31-41(58(2,3)47)39(27-40(54)49(23-24-53)28-32-11-6-4-7-12-32)57-45(31)37-26-34(46)17-18-38(37)50(43(45)56)29-33-13-10-16-36(25-33)51-30-52(35-14-8-5-9-15-35)44(42(51)55)19-21-48-22-20-44/h4-18,25-26,31,39,41,48,53H,19-24,27-30H2,1-3H3/t31-,39+,41-,45+/m1/s1. The van der Waals surface area contributed by atoms with E-state index in [2.05, 4.69) is 22.3 Å². The van der Waals surface area contributed by atoms with Gasteiger partial charge in [0.15, 0.2) is 5.60 Å². The third kappa shape index (κ3) is 7.02. The quantitative estimate of drug-likeness (QED) is 0.124. The van der Waals surface area contributed by atoms with Gasteiger partial charge < -0.3 is 34.0 Å². The Bertz CT molecular complexity index is 2170. The first-order chi connectivity index (χ1) is 27.9. The maximum atomic E-state index is 16.6. The third-order valence-electron chi connectivity index (χ3n) is 12.7. The van der Waals surface area contributed by atoms with Crippen LogP contribution < -0.4 is 20.0 Å². The Morgan fingerprint density at radius 1 is 0.931 bits per heavy atom. The van der Waals surface area contributed by atoms with Crippen molar-refractivity contribution in [3.8, 4) is 0 Å². The minimum Gasteiger partial charge on any atom is -0.395 e. The number of hydrogen-bond acceptors (Lipinski definition) is 7. The third-order valence-corrected chi connectivity index (χ3v) is 15.4. The monoisotopic (exact) mass is 823 g/mol. The highest BCUT2D eigenvalue weighted by Crippen LogP contribution is 2.60. The summed E-state index contributed by atoms with van der Waals surface area (Å²) >= 11 is 6.63. The highest BCUT2D eigenvalue weighted by atomic mass is 35.5. The molecule has 0 bridgehead atoms. The molecule has 4 aromatic carbocycles. The van der Waals surface area contributed by atoms with Crippen molar-refractivity contribution in [3.05, 3.63) is 125 Å². The highest BCUT2D eigenvalue weighted by molar-refractivity contribution is 6.72. The van der Waals surface area contributed by atoms with Gasteiger partial charge in [0.05, 0.1) is 38.0 Å². The van der Waals surface area contributed by atoms with E-state index in [1.54, 1.807) is 41.1 Å². The predicted molar refractivity (Wildman–Crippen MR) is 227 cm³/mol. The van der Waals surface area contributed by atoms with Crippen LogP contribution in [0.3, 0.4) is 0 Å². The van der Waals surface area contributed by atoms with Crippen LogP contribution in [0, 0.1) is 5.92 Å². The molecule has 8 rings (SSSR count). The number of hydrogen-bond donors (Lipinski definition) is 2. The zero-order valence-corrected chi connectivity index (χ0v) is 35.0. The molecule has 0 aliphatic carbocycles. The van der Waals surface area contributed by atoms with Crippen LogP contribution in [0.25, 0.3) is 0 Å². The number of aliphatic hydroxyl groups is 1. The van der Waals surface area contributed by atoms with Crippen LogP contribution in [-0.4, -0.2) is 80.7 Å². The molecule has 0 radical (unpaired) electrons. The molecule has 3 fully saturated rings. The highest BCUT2D eigenvalue weighted by Gasteiger charge is 2.67. The van der Waals surface area contributed by atoms with E-state index >= 15 is 8.90 Å². The maximum Gasteiger partial charge on any atom is 0.264 e. The van der Waals surface area contributed by atoms with E-state index in [4.69, 9.17) is 16.3 Å². The van der Waals surface area contributed by atoms with E-state index in [0.29, 0.717) is 35.8 Å². The summed E-state index contributed by atoms with van der Waals surface area (Å²) in [7, 11) is -3.57. The molecule has 13 heteroatoms. The van der Waals surface area contributed by atoms with Crippen LogP contribution in [0.5, 0.6) is 0 Å². The molecule has 2 N–H and O–H groups in total. The van der Waals surface area contributed by atoms with Gasteiger partial charge in [0, 0.05) is 46.5 Å². The average Bonchev–Trinajstić information content (AvgIpc) is 3.75. The molecule has 10 nitrogen and oxygen atoms in total. The molecule has 0 aromatic heterocycles. The van der Waals surface area contributed by atoms with Gasteiger partial charge in [-0.25, -0.2) is 0 Å². The zero-order valence-electron chi connectivity index (χ0n) is 33.2. The molecule has 3 amide bonds. The lowest BCUT2D eigenvalue weighted by atomic mass is 9.82. The summed E-state index contributed by atoms with van der Waals surface area (Å²) in [6.07, 6.45) is 0.354. The van der Waals surface area contributed by atoms with Gasteiger partial charge in [0.1, 0.15) is 5.54 Å². The maximum absolute atomic E-state index is 16.6. The fourth-order valence-corrected chi connectivity index (χ4v) is 12.7. The summed E-state index contributed by atoms with van der Waals surface area (Å²) < 4.78 is 23.5. The number of rotatable bonds is 11. The van der Waals surface area contributed by atoms with Crippen molar-refractivity contribution in [2.75, 3.05) is 47.6 Å². The zero-order chi connectivity index (χ0) is 40.8. The summed E-state index contributed by atoms with van der Waals surface area (Å²) in [5, 5.41) is 13.7. The van der Waals surface area contributed by atoms with Crippen LogP contribution in [0.1, 0.15) is 42.9 Å². The number of aliphatic hydroxyl groups excluding tert-OH is 1. The molecular formula is C45H51ClFN5O5Si. The van der Waals surface area contributed by atoms with Crippen molar-refractivity contribution in [2.24, 2.45) is 5.92 Å². The number of amides is 3. The smallest absolute Gasteiger partial charge is 0.264 e. The van der Waals surface area contributed by atoms with Crippen LogP contribution in [-0.2, 0) is 37.8 Å². The minimum absolute atomic E-state index is 0.0605. The van der Waals surface area contributed by atoms with Crippen LogP contribution in [0.4, 0.5) is 21.2 Å². The number of para-hydroxylation sites is 1. The number of anilines is 3. The second-order valence-corrected chi connectivity index (χ2v) is 20.9. The summed E-state index contributed by atoms with van der Waals surface area (Å²) in [5.41, 5.74) is 1.70. The second-order valence-electron chi connectivity index (χ2n) is 16.6. The summed E-state index contributed by atoms with van der Waals surface area (Å²) in [6.45, 7) is 7.31. The predicted octanol–water partition coefficient (Wildman–Crippen LogP) is 7.01. The average molecular weight is 824 g/mol. The lowest BCUT2D eigenvalue weighted by Gasteiger charge is -2.39. The Kier molecular flexibility index (Phi) is 11.0. The van der Waals surface area contributed by atoms with Crippen molar-refractivity contribution in [3.63, 3.8) is 0 Å².